The molecular formula is C29H23BrClIO8. The number of hydrogen-bond donors (Lipinski definition) is 3. The number of aromatic carboxylic acids is 3. The lowest BCUT2D eigenvalue weighted by Crippen LogP contribution is -1.99. The number of carboxylic acid groups (broad SMARTS) is 3. The molecule has 4 rings (SSSR count). The van der Waals surface area contributed by atoms with Crippen LogP contribution >= 0.6 is 50.1 Å². The first-order valence-corrected chi connectivity index (χ1v) is 13.3. The average Bonchev–Trinajstić information content (AvgIpc) is 2.95. The van der Waals surface area contributed by atoms with Crippen molar-refractivity contribution in [1.29, 1.82) is 0 Å². The quantitative estimate of drug-likeness (QED) is 0.143. The molecule has 0 atom stereocenters. The van der Waals surface area contributed by atoms with Crippen LogP contribution in [0.25, 0.3) is 0 Å². The van der Waals surface area contributed by atoms with Crippen molar-refractivity contribution in [1.82, 2.24) is 0 Å². The Morgan fingerprint density at radius 3 is 1.38 bits per heavy atom. The van der Waals surface area contributed by atoms with Crippen molar-refractivity contribution in [3.8, 4) is 0 Å². The molecular weight excluding hydrogens is 719 g/mol. The van der Waals surface area contributed by atoms with Gasteiger partial charge in [-0.25, -0.2) is 19.2 Å². The molecule has 0 spiro atoms. The molecule has 0 aliphatic heterocycles. The fraction of sp³-hybridized carbons (Fsp3) is 0.0345. The van der Waals surface area contributed by atoms with Gasteiger partial charge in [0.05, 0.1) is 29.4 Å². The minimum absolute atomic E-state index is 0.254. The third-order valence-electron chi connectivity index (χ3n) is 4.47. The predicted octanol–water partition coefficient (Wildman–Crippen LogP) is 7.65. The van der Waals surface area contributed by atoms with Gasteiger partial charge in [-0.1, -0.05) is 45.7 Å². The largest absolute Gasteiger partial charge is 0.478 e. The molecule has 0 saturated carbocycles. The molecule has 0 aliphatic rings. The summed E-state index contributed by atoms with van der Waals surface area (Å²) in [5.74, 6) is -3.00. The molecule has 0 aliphatic carbocycles. The summed E-state index contributed by atoms with van der Waals surface area (Å²) in [5, 5.41) is 25.9. The summed E-state index contributed by atoms with van der Waals surface area (Å²) < 4.78 is 6.43. The lowest BCUT2D eigenvalue weighted by molar-refractivity contribution is 0.0598. The lowest BCUT2D eigenvalue weighted by atomic mass is 10.2. The summed E-state index contributed by atoms with van der Waals surface area (Å²) in [5.41, 5.74) is 1.48. The molecule has 3 N–H and O–H groups in total. The van der Waals surface area contributed by atoms with Gasteiger partial charge >= 0.3 is 23.9 Å². The molecule has 0 amide bonds. The van der Waals surface area contributed by atoms with Gasteiger partial charge in [-0.05, 0) is 108 Å². The van der Waals surface area contributed by atoms with E-state index in [1.807, 2.05) is 6.07 Å². The molecule has 4 aromatic rings. The summed E-state index contributed by atoms with van der Waals surface area (Å²) in [6, 6.07) is 28.1. The second-order valence-electron chi connectivity index (χ2n) is 7.29. The fourth-order valence-corrected chi connectivity index (χ4v) is 3.22. The van der Waals surface area contributed by atoms with E-state index in [1.165, 1.54) is 19.2 Å². The zero-order valence-corrected chi connectivity index (χ0v) is 25.3. The highest BCUT2D eigenvalue weighted by molar-refractivity contribution is 14.1. The molecule has 208 valence electrons. The van der Waals surface area contributed by atoms with E-state index >= 15 is 0 Å². The molecule has 0 saturated heterocycles. The Morgan fingerprint density at radius 2 is 1.00 bits per heavy atom. The summed E-state index contributed by atoms with van der Waals surface area (Å²) in [6.45, 7) is 0. The predicted molar refractivity (Wildman–Crippen MR) is 163 cm³/mol. The Balaban J connectivity index is 0.000000267. The van der Waals surface area contributed by atoms with Crippen LogP contribution in [0.15, 0.2) is 108 Å². The van der Waals surface area contributed by atoms with Crippen molar-refractivity contribution >= 4 is 74.0 Å². The normalized spacial score (nSPS) is 9.20. The van der Waals surface area contributed by atoms with E-state index < -0.39 is 17.9 Å². The standard InChI is InChI=1S/C8H8O2.C7H5BrO2.C7H5ClO2.C7H5IO2/c1-10-8(9)7-5-3-2-4-6-7;3*8-6-3-1-5(2-4-6)7(9)10/h2-6H,1H3;3*1-4H,(H,9,10). The van der Waals surface area contributed by atoms with Crippen molar-refractivity contribution in [2.75, 3.05) is 7.11 Å². The topological polar surface area (TPSA) is 138 Å². The number of carboxylic acids is 3. The van der Waals surface area contributed by atoms with Crippen LogP contribution < -0.4 is 0 Å². The number of ether oxygens (including phenoxy) is 1. The van der Waals surface area contributed by atoms with Crippen LogP contribution in [0.4, 0.5) is 0 Å². The molecule has 8 nitrogen and oxygen atoms in total. The van der Waals surface area contributed by atoms with E-state index in [0.29, 0.717) is 21.7 Å². The first-order chi connectivity index (χ1) is 18.9. The van der Waals surface area contributed by atoms with Gasteiger partial charge in [0.2, 0.25) is 0 Å². The minimum Gasteiger partial charge on any atom is -0.478 e. The maximum Gasteiger partial charge on any atom is 0.337 e. The summed E-state index contributed by atoms with van der Waals surface area (Å²) in [4.78, 5) is 41.7. The number of carbonyl (C=O) groups is 4. The maximum absolute atomic E-state index is 10.8. The number of esters is 1. The van der Waals surface area contributed by atoms with Gasteiger partial charge in [0.1, 0.15) is 0 Å². The van der Waals surface area contributed by atoms with E-state index in [-0.39, 0.29) is 11.5 Å². The average molecular weight is 742 g/mol. The van der Waals surface area contributed by atoms with Gasteiger partial charge in [0, 0.05) is 13.1 Å². The number of benzene rings is 4. The van der Waals surface area contributed by atoms with Crippen LogP contribution in [-0.2, 0) is 4.74 Å². The van der Waals surface area contributed by atoms with Crippen molar-refractivity contribution in [2.45, 2.75) is 0 Å². The fourth-order valence-electron chi connectivity index (χ4n) is 2.47. The number of rotatable bonds is 4. The second kappa shape index (κ2) is 18.5. The van der Waals surface area contributed by atoms with Gasteiger partial charge in [-0.15, -0.1) is 0 Å². The van der Waals surface area contributed by atoms with E-state index in [0.717, 1.165) is 8.04 Å². The van der Waals surface area contributed by atoms with E-state index in [2.05, 4.69) is 43.3 Å². The summed E-state index contributed by atoms with van der Waals surface area (Å²) >= 11 is 10.9. The van der Waals surface area contributed by atoms with Gasteiger partial charge in [0.15, 0.2) is 0 Å². The third kappa shape index (κ3) is 13.9. The molecule has 40 heavy (non-hydrogen) atoms. The second-order valence-corrected chi connectivity index (χ2v) is 9.89. The zero-order chi connectivity index (χ0) is 30.1. The molecule has 4 aromatic carbocycles. The van der Waals surface area contributed by atoms with Crippen molar-refractivity contribution in [2.24, 2.45) is 0 Å². The van der Waals surface area contributed by atoms with Crippen LogP contribution in [0.5, 0.6) is 0 Å². The zero-order valence-electron chi connectivity index (χ0n) is 20.8. The third-order valence-corrected chi connectivity index (χ3v) is 5.97. The van der Waals surface area contributed by atoms with Gasteiger partial charge < -0.3 is 20.1 Å². The van der Waals surface area contributed by atoms with Crippen LogP contribution in [0, 0.1) is 3.57 Å². The first kappa shape index (κ1) is 34.3. The van der Waals surface area contributed by atoms with Crippen molar-refractivity contribution < 1.29 is 39.2 Å². The Bertz CT molecular complexity index is 1250. The Labute approximate surface area is 257 Å². The molecule has 0 radical (unpaired) electrons. The minimum atomic E-state index is -0.934. The Kier molecular flexibility index (Phi) is 15.9. The Hall–Kier alpha value is -3.74. The van der Waals surface area contributed by atoms with E-state index in [1.54, 1.807) is 84.9 Å². The monoisotopic (exact) mass is 740 g/mol. The van der Waals surface area contributed by atoms with Crippen LogP contribution in [0.3, 0.4) is 0 Å². The van der Waals surface area contributed by atoms with Crippen LogP contribution in [0.1, 0.15) is 41.4 Å². The summed E-state index contributed by atoms with van der Waals surface area (Å²) in [7, 11) is 1.37. The highest BCUT2D eigenvalue weighted by atomic mass is 127. The van der Waals surface area contributed by atoms with Crippen molar-refractivity contribution in [3.05, 3.63) is 138 Å². The first-order valence-electron chi connectivity index (χ1n) is 11.0. The molecule has 0 unspecified atom stereocenters. The van der Waals surface area contributed by atoms with E-state index in [9.17, 15) is 19.2 Å². The van der Waals surface area contributed by atoms with Crippen LogP contribution in [-0.4, -0.2) is 46.3 Å². The molecule has 0 bridgehead atoms. The molecule has 0 heterocycles. The van der Waals surface area contributed by atoms with Gasteiger partial charge in [0.25, 0.3) is 0 Å². The van der Waals surface area contributed by atoms with Gasteiger partial charge in [-0.2, -0.15) is 0 Å². The highest BCUT2D eigenvalue weighted by Gasteiger charge is 2.01. The number of hydrogen-bond acceptors (Lipinski definition) is 5. The number of methoxy groups -OCH3 is 1. The molecule has 0 fully saturated rings. The Morgan fingerprint density at radius 1 is 0.625 bits per heavy atom. The number of carbonyl (C=O) groups excluding carboxylic acids is 1. The number of halogens is 3. The summed E-state index contributed by atoms with van der Waals surface area (Å²) in [6.07, 6.45) is 0. The van der Waals surface area contributed by atoms with Crippen LogP contribution in [0.2, 0.25) is 5.02 Å². The van der Waals surface area contributed by atoms with E-state index in [4.69, 9.17) is 26.9 Å². The molecule has 11 heteroatoms. The van der Waals surface area contributed by atoms with Gasteiger partial charge in [-0.3, -0.25) is 0 Å². The maximum atomic E-state index is 10.8. The lowest BCUT2D eigenvalue weighted by Gasteiger charge is -1.95. The smallest absolute Gasteiger partial charge is 0.337 e. The van der Waals surface area contributed by atoms with Crippen molar-refractivity contribution in [3.63, 3.8) is 0 Å². The molecule has 0 aromatic heterocycles. The SMILES string of the molecule is COC(=O)c1ccccc1.O=C(O)c1ccc(Br)cc1.O=C(O)c1ccc(Cl)cc1.O=C(O)c1ccc(I)cc1. The highest BCUT2D eigenvalue weighted by Crippen LogP contribution is 2.10.